The summed E-state index contributed by atoms with van der Waals surface area (Å²) in [5.41, 5.74) is 6.54. The lowest BCUT2D eigenvalue weighted by Gasteiger charge is -2.08. The van der Waals surface area contributed by atoms with E-state index in [1.54, 1.807) is 24.8 Å². The van der Waals surface area contributed by atoms with E-state index in [-0.39, 0.29) is 11.8 Å². The summed E-state index contributed by atoms with van der Waals surface area (Å²) in [4.78, 5) is 28.5. The molecule has 8 heteroatoms. The van der Waals surface area contributed by atoms with E-state index in [9.17, 15) is 4.79 Å². The van der Waals surface area contributed by atoms with Crippen molar-refractivity contribution >= 4 is 33.5 Å². The van der Waals surface area contributed by atoms with Crippen molar-refractivity contribution in [3.63, 3.8) is 0 Å². The molecule has 5 heterocycles. The number of nitrogens with one attached hydrogen (secondary N) is 3. The number of hydrogen-bond donors (Lipinski definition) is 3. The van der Waals surface area contributed by atoms with Crippen LogP contribution in [0.25, 0.3) is 44.6 Å². The number of amides is 1. The number of H-pyrrole nitrogens is 2. The van der Waals surface area contributed by atoms with E-state index in [1.165, 1.54) is 0 Å². The average molecular weight is 397 g/mol. The predicted octanol–water partition coefficient (Wildman–Crippen LogP) is 4.16. The number of pyridine rings is 3. The van der Waals surface area contributed by atoms with Gasteiger partial charge in [-0.2, -0.15) is 5.10 Å². The molecule has 0 fully saturated rings. The van der Waals surface area contributed by atoms with Crippen molar-refractivity contribution < 1.29 is 4.79 Å². The van der Waals surface area contributed by atoms with Gasteiger partial charge in [-0.15, -0.1) is 0 Å². The molecule has 30 heavy (non-hydrogen) atoms. The zero-order valence-electron chi connectivity index (χ0n) is 16.5. The van der Waals surface area contributed by atoms with Gasteiger partial charge in [0.1, 0.15) is 5.69 Å². The standard InChI is InChI=1S/C22H19N7O/c1-12(2)22(30)26-14-6-13(9-23-10-14)17-7-15-20(11-25-17)28-29-21(15)19-8-18-16(27-19)4-3-5-24-18/h3-12,27H,1-2H3,(H,26,30)(H,28,29). The van der Waals surface area contributed by atoms with E-state index in [1.807, 2.05) is 44.2 Å². The minimum atomic E-state index is -0.109. The predicted molar refractivity (Wildman–Crippen MR) is 116 cm³/mol. The molecule has 0 unspecified atom stereocenters. The van der Waals surface area contributed by atoms with Gasteiger partial charge in [0.2, 0.25) is 5.91 Å². The Hall–Kier alpha value is -4.07. The third kappa shape index (κ3) is 3.18. The number of aromatic amines is 2. The van der Waals surface area contributed by atoms with Gasteiger partial charge >= 0.3 is 0 Å². The molecule has 0 saturated carbocycles. The minimum Gasteiger partial charge on any atom is -0.352 e. The number of aromatic nitrogens is 6. The maximum Gasteiger partial charge on any atom is 0.226 e. The lowest BCUT2D eigenvalue weighted by molar-refractivity contribution is -0.118. The van der Waals surface area contributed by atoms with Crippen LogP contribution in [0.15, 0.2) is 55.1 Å². The van der Waals surface area contributed by atoms with E-state index < -0.39 is 0 Å². The molecule has 0 atom stereocenters. The molecule has 0 radical (unpaired) electrons. The zero-order valence-corrected chi connectivity index (χ0v) is 16.5. The number of nitrogens with zero attached hydrogens (tertiary/aromatic N) is 4. The van der Waals surface area contributed by atoms with E-state index in [2.05, 4.69) is 35.5 Å². The van der Waals surface area contributed by atoms with E-state index in [0.29, 0.717) is 5.69 Å². The highest BCUT2D eigenvalue weighted by atomic mass is 16.1. The van der Waals surface area contributed by atoms with Crippen LogP contribution in [-0.2, 0) is 4.79 Å². The molecular formula is C22H19N7O. The number of fused-ring (bicyclic) bond motifs is 2. The molecule has 5 rings (SSSR count). The van der Waals surface area contributed by atoms with Crippen molar-refractivity contribution in [1.82, 2.24) is 30.1 Å². The number of carbonyl (C=O) groups excluding carboxylic acids is 1. The van der Waals surface area contributed by atoms with Crippen molar-refractivity contribution in [3.05, 3.63) is 55.1 Å². The summed E-state index contributed by atoms with van der Waals surface area (Å²) in [5.74, 6) is -0.163. The fraction of sp³-hybridized carbons (Fsp3) is 0.136. The van der Waals surface area contributed by atoms with Gasteiger partial charge in [0, 0.05) is 29.3 Å². The summed E-state index contributed by atoms with van der Waals surface area (Å²) in [6.07, 6.45) is 6.87. The van der Waals surface area contributed by atoms with Crippen LogP contribution in [0.5, 0.6) is 0 Å². The van der Waals surface area contributed by atoms with Gasteiger partial charge < -0.3 is 10.3 Å². The molecule has 0 aliphatic rings. The number of anilines is 1. The SMILES string of the molecule is CC(C)C(=O)Nc1cncc(-c2cc3c(-c4cc5ncccc5[nH]4)n[nH]c3cn2)c1. The van der Waals surface area contributed by atoms with Gasteiger partial charge in [-0.3, -0.25) is 24.8 Å². The molecule has 0 aromatic carbocycles. The van der Waals surface area contributed by atoms with Crippen molar-refractivity contribution in [2.45, 2.75) is 13.8 Å². The van der Waals surface area contributed by atoms with Crippen molar-refractivity contribution in [2.75, 3.05) is 5.32 Å². The Morgan fingerprint density at radius 2 is 1.97 bits per heavy atom. The molecule has 3 N–H and O–H groups in total. The van der Waals surface area contributed by atoms with Crippen LogP contribution in [0.1, 0.15) is 13.8 Å². The molecule has 0 bridgehead atoms. The Morgan fingerprint density at radius 3 is 2.80 bits per heavy atom. The first-order chi connectivity index (χ1) is 14.6. The Morgan fingerprint density at radius 1 is 1.07 bits per heavy atom. The number of carbonyl (C=O) groups is 1. The first-order valence-electron chi connectivity index (χ1n) is 9.63. The first kappa shape index (κ1) is 18.0. The topological polar surface area (TPSA) is 112 Å². The van der Waals surface area contributed by atoms with Crippen LogP contribution < -0.4 is 5.32 Å². The summed E-state index contributed by atoms with van der Waals surface area (Å²) < 4.78 is 0. The summed E-state index contributed by atoms with van der Waals surface area (Å²) in [7, 11) is 0. The van der Waals surface area contributed by atoms with Gasteiger partial charge in [0.05, 0.1) is 46.0 Å². The molecule has 0 aliphatic heterocycles. The minimum absolute atomic E-state index is 0.0538. The molecule has 8 nitrogen and oxygen atoms in total. The fourth-order valence-corrected chi connectivity index (χ4v) is 3.30. The normalized spacial score (nSPS) is 11.4. The summed E-state index contributed by atoms with van der Waals surface area (Å²) in [6.45, 7) is 3.70. The molecule has 0 saturated heterocycles. The second-order valence-corrected chi connectivity index (χ2v) is 7.41. The highest BCUT2D eigenvalue weighted by Gasteiger charge is 2.14. The molecule has 5 aromatic heterocycles. The molecule has 5 aromatic rings. The van der Waals surface area contributed by atoms with Gasteiger partial charge in [-0.05, 0) is 30.3 Å². The lowest BCUT2D eigenvalue weighted by Crippen LogP contribution is -2.17. The Balaban J connectivity index is 1.55. The molecule has 1 amide bonds. The third-order valence-corrected chi connectivity index (χ3v) is 4.92. The van der Waals surface area contributed by atoms with Crippen molar-refractivity contribution in [3.8, 4) is 22.6 Å². The molecular weight excluding hydrogens is 378 g/mol. The largest absolute Gasteiger partial charge is 0.352 e. The Bertz CT molecular complexity index is 1350. The van der Waals surface area contributed by atoms with Crippen LogP contribution in [0.3, 0.4) is 0 Å². The highest BCUT2D eigenvalue weighted by Crippen LogP contribution is 2.30. The smallest absolute Gasteiger partial charge is 0.226 e. The van der Waals surface area contributed by atoms with E-state index in [0.717, 1.165) is 44.6 Å². The summed E-state index contributed by atoms with van der Waals surface area (Å²) in [6, 6.07) is 9.70. The van der Waals surface area contributed by atoms with Crippen LogP contribution in [-0.4, -0.2) is 36.0 Å². The van der Waals surface area contributed by atoms with Gasteiger partial charge in [-0.25, -0.2) is 0 Å². The Kier molecular flexibility index (Phi) is 4.24. The van der Waals surface area contributed by atoms with Crippen molar-refractivity contribution in [1.29, 1.82) is 0 Å². The van der Waals surface area contributed by atoms with Crippen LogP contribution in [0.4, 0.5) is 5.69 Å². The quantitative estimate of drug-likeness (QED) is 0.422. The fourth-order valence-electron chi connectivity index (χ4n) is 3.30. The molecule has 148 valence electrons. The number of hydrogen-bond acceptors (Lipinski definition) is 5. The second kappa shape index (κ2) is 7.07. The monoisotopic (exact) mass is 397 g/mol. The molecule has 0 spiro atoms. The summed E-state index contributed by atoms with van der Waals surface area (Å²) >= 11 is 0. The van der Waals surface area contributed by atoms with Crippen LogP contribution in [0.2, 0.25) is 0 Å². The zero-order chi connectivity index (χ0) is 20.7. The Labute approximate surface area is 171 Å². The maximum atomic E-state index is 12.0. The second-order valence-electron chi connectivity index (χ2n) is 7.41. The first-order valence-corrected chi connectivity index (χ1v) is 9.63. The van der Waals surface area contributed by atoms with Gasteiger partial charge in [0.25, 0.3) is 0 Å². The third-order valence-electron chi connectivity index (χ3n) is 4.92. The van der Waals surface area contributed by atoms with Crippen LogP contribution >= 0.6 is 0 Å². The van der Waals surface area contributed by atoms with Gasteiger partial charge in [0.15, 0.2) is 0 Å². The van der Waals surface area contributed by atoms with Gasteiger partial charge in [-0.1, -0.05) is 13.8 Å². The number of rotatable bonds is 4. The van der Waals surface area contributed by atoms with Crippen molar-refractivity contribution in [2.24, 2.45) is 5.92 Å². The molecule has 0 aliphatic carbocycles. The van der Waals surface area contributed by atoms with E-state index >= 15 is 0 Å². The maximum absolute atomic E-state index is 12.0. The van der Waals surface area contributed by atoms with Crippen LogP contribution in [0, 0.1) is 5.92 Å². The van der Waals surface area contributed by atoms with E-state index in [4.69, 9.17) is 0 Å². The average Bonchev–Trinajstić information content (AvgIpc) is 3.37. The lowest BCUT2D eigenvalue weighted by atomic mass is 10.1. The summed E-state index contributed by atoms with van der Waals surface area (Å²) in [5, 5.41) is 11.3. The highest BCUT2D eigenvalue weighted by molar-refractivity contribution is 5.96.